The summed E-state index contributed by atoms with van der Waals surface area (Å²) in [5.41, 5.74) is 2.89. The topological polar surface area (TPSA) is 29.5 Å². The van der Waals surface area contributed by atoms with E-state index in [9.17, 15) is 5.11 Å². The Labute approximate surface area is 136 Å². The summed E-state index contributed by atoms with van der Waals surface area (Å²) in [4.78, 5) is 0. The fourth-order valence-corrected chi connectivity index (χ4v) is 4.25. The van der Waals surface area contributed by atoms with E-state index >= 15 is 0 Å². The first-order chi connectivity index (χ1) is 9.94. The molecular formula is C18H25BrO2. The number of benzene rings is 1. The SMILES string of the molecule is CC1(C)CCC(C(O)Cc2cc(Br)cc3c2OCC3)CC1. The van der Waals surface area contributed by atoms with Gasteiger partial charge in [-0.3, -0.25) is 0 Å². The van der Waals surface area contributed by atoms with Crippen molar-refractivity contribution in [3.05, 3.63) is 27.7 Å². The quantitative estimate of drug-likeness (QED) is 0.867. The lowest BCUT2D eigenvalue weighted by atomic mass is 9.71. The Morgan fingerprint density at radius 2 is 2.05 bits per heavy atom. The highest BCUT2D eigenvalue weighted by Crippen LogP contribution is 2.41. The molecule has 1 aliphatic heterocycles. The number of halogens is 1. The molecule has 1 atom stereocenters. The molecule has 1 heterocycles. The summed E-state index contributed by atoms with van der Waals surface area (Å²) in [6, 6.07) is 4.25. The molecule has 0 aromatic heterocycles. The second-order valence-electron chi connectivity index (χ2n) is 7.42. The van der Waals surface area contributed by atoms with Crippen LogP contribution in [0.3, 0.4) is 0 Å². The fourth-order valence-electron chi connectivity index (χ4n) is 3.70. The van der Waals surface area contributed by atoms with E-state index < -0.39 is 0 Å². The Bertz CT molecular complexity index is 514. The first kappa shape index (κ1) is 15.4. The van der Waals surface area contributed by atoms with Gasteiger partial charge in [-0.05, 0) is 60.3 Å². The molecule has 3 heteroatoms. The van der Waals surface area contributed by atoms with E-state index in [2.05, 4.69) is 41.9 Å². The van der Waals surface area contributed by atoms with Crippen molar-refractivity contribution in [3.63, 3.8) is 0 Å². The van der Waals surface area contributed by atoms with Gasteiger partial charge in [-0.15, -0.1) is 0 Å². The molecule has 1 fully saturated rings. The van der Waals surface area contributed by atoms with Gasteiger partial charge in [0.25, 0.3) is 0 Å². The molecule has 1 unspecified atom stereocenters. The summed E-state index contributed by atoms with van der Waals surface area (Å²) >= 11 is 3.58. The Morgan fingerprint density at radius 1 is 1.33 bits per heavy atom. The summed E-state index contributed by atoms with van der Waals surface area (Å²) in [7, 11) is 0. The Hall–Kier alpha value is -0.540. The van der Waals surface area contributed by atoms with Gasteiger partial charge in [-0.1, -0.05) is 29.8 Å². The number of rotatable bonds is 3. The predicted molar refractivity (Wildman–Crippen MR) is 88.8 cm³/mol. The molecule has 3 rings (SSSR count). The minimum Gasteiger partial charge on any atom is -0.493 e. The molecule has 1 saturated carbocycles. The monoisotopic (exact) mass is 352 g/mol. The van der Waals surface area contributed by atoms with E-state index in [1.165, 1.54) is 18.4 Å². The van der Waals surface area contributed by atoms with Crippen LogP contribution in [0.25, 0.3) is 0 Å². The van der Waals surface area contributed by atoms with E-state index in [4.69, 9.17) is 4.74 Å². The van der Waals surface area contributed by atoms with E-state index in [1.54, 1.807) is 0 Å². The van der Waals surface area contributed by atoms with Gasteiger partial charge in [-0.2, -0.15) is 0 Å². The smallest absolute Gasteiger partial charge is 0.125 e. The van der Waals surface area contributed by atoms with E-state index in [0.717, 1.165) is 41.7 Å². The maximum absolute atomic E-state index is 10.6. The van der Waals surface area contributed by atoms with Gasteiger partial charge in [0.05, 0.1) is 12.7 Å². The molecule has 1 aromatic rings. The van der Waals surface area contributed by atoms with Crippen LogP contribution < -0.4 is 4.74 Å². The van der Waals surface area contributed by atoms with Gasteiger partial charge in [0.2, 0.25) is 0 Å². The van der Waals surface area contributed by atoms with Crippen LogP contribution in [0.4, 0.5) is 0 Å². The highest BCUT2D eigenvalue weighted by Gasteiger charge is 2.31. The summed E-state index contributed by atoms with van der Waals surface area (Å²) in [5, 5.41) is 10.6. The zero-order chi connectivity index (χ0) is 15.0. The Balaban J connectivity index is 1.70. The largest absolute Gasteiger partial charge is 0.493 e. The van der Waals surface area contributed by atoms with Crippen molar-refractivity contribution < 1.29 is 9.84 Å². The highest BCUT2D eigenvalue weighted by molar-refractivity contribution is 9.10. The van der Waals surface area contributed by atoms with Crippen LogP contribution in [-0.4, -0.2) is 17.8 Å². The van der Waals surface area contributed by atoms with Gasteiger partial charge in [0.15, 0.2) is 0 Å². The van der Waals surface area contributed by atoms with Gasteiger partial charge < -0.3 is 9.84 Å². The molecule has 0 bridgehead atoms. The molecule has 0 spiro atoms. The summed E-state index contributed by atoms with van der Waals surface area (Å²) < 4.78 is 6.87. The van der Waals surface area contributed by atoms with Crippen LogP contribution in [0.15, 0.2) is 16.6 Å². The van der Waals surface area contributed by atoms with Crippen molar-refractivity contribution in [1.82, 2.24) is 0 Å². The molecule has 1 N–H and O–H groups in total. The molecule has 0 saturated heterocycles. The van der Waals surface area contributed by atoms with Crippen LogP contribution in [-0.2, 0) is 12.8 Å². The second-order valence-corrected chi connectivity index (χ2v) is 8.34. The zero-order valence-electron chi connectivity index (χ0n) is 13.0. The van der Waals surface area contributed by atoms with Crippen molar-refractivity contribution in [2.75, 3.05) is 6.61 Å². The first-order valence-electron chi connectivity index (χ1n) is 8.07. The first-order valence-corrected chi connectivity index (χ1v) is 8.86. The minimum absolute atomic E-state index is 0.247. The lowest BCUT2D eigenvalue weighted by Gasteiger charge is -2.36. The van der Waals surface area contributed by atoms with Crippen molar-refractivity contribution in [2.45, 2.75) is 58.5 Å². The summed E-state index contributed by atoms with van der Waals surface area (Å²) in [5.74, 6) is 1.46. The lowest BCUT2D eigenvalue weighted by Crippen LogP contribution is -2.30. The normalized spacial score (nSPS) is 22.7. The minimum atomic E-state index is -0.247. The van der Waals surface area contributed by atoms with Crippen molar-refractivity contribution in [1.29, 1.82) is 0 Å². The van der Waals surface area contributed by atoms with E-state index in [1.807, 2.05) is 0 Å². The molecule has 1 aromatic carbocycles. The summed E-state index contributed by atoms with van der Waals surface area (Å²) in [6.07, 6.45) is 6.19. The number of aliphatic hydroxyl groups excluding tert-OH is 1. The molecule has 2 aliphatic rings. The van der Waals surface area contributed by atoms with Gasteiger partial charge in [0.1, 0.15) is 5.75 Å². The van der Waals surface area contributed by atoms with Crippen LogP contribution in [0.5, 0.6) is 5.75 Å². The molecule has 0 amide bonds. The molecule has 2 nitrogen and oxygen atoms in total. The van der Waals surface area contributed by atoms with Crippen LogP contribution in [0, 0.1) is 11.3 Å². The third kappa shape index (κ3) is 3.45. The van der Waals surface area contributed by atoms with Crippen molar-refractivity contribution >= 4 is 15.9 Å². The predicted octanol–water partition coefficient (Wildman–Crippen LogP) is 4.50. The maximum atomic E-state index is 10.6. The molecule has 0 radical (unpaired) electrons. The Kier molecular flexibility index (Phi) is 4.33. The zero-order valence-corrected chi connectivity index (χ0v) is 14.6. The average Bonchev–Trinajstić information content (AvgIpc) is 2.86. The number of fused-ring (bicyclic) bond motifs is 1. The van der Waals surface area contributed by atoms with Crippen LogP contribution >= 0.6 is 15.9 Å². The molecule has 21 heavy (non-hydrogen) atoms. The maximum Gasteiger partial charge on any atom is 0.125 e. The van der Waals surface area contributed by atoms with Crippen molar-refractivity contribution in [3.8, 4) is 5.75 Å². The van der Waals surface area contributed by atoms with E-state index in [-0.39, 0.29) is 6.10 Å². The highest BCUT2D eigenvalue weighted by atomic mass is 79.9. The lowest BCUT2D eigenvalue weighted by molar-refractivity contribution is 0.0572. The van der Waals surface area contributed by atoms with Crippen LogP contribution in [0.1, 0.15) is 50.7 Å². The molecule has 116 valence electrons. The Morgan fingerprint density at radius 3 is 2.76 bits per heavy atom. The van der Waals surface area contributed by atoms with E-state index in [0.29, 0.717) is 17.8 Å². The third-order valence-corrected chi connectivity index (χ3v) is 5.64. The van der Waals surface area contributed by atoms with Crippen molar-refractivity contribution in [2.24, 2.45) is 11.3 Å². The molecular weight excluding hydrogens is 328 g/mol. The number of aliphatic hydroxyl groups is 1. The fraction of sp³-hybridized carbons (Fsp3) is 0.667. The van der Waals surface area contributed by atoms with Gasteiger partial charge in [-0.25, -0.2) is 0 Å². The second kappa shape index (κ2) is 5.92. The standard InChI is InChI=1S/C18H25BrO2/c1-18(2)6-3-12(4-7-18)16(20)11-14-10-15(19)9-13-5-8-21-17(13)14/h9-10,12,16,20H,3-8,11H2,1-2H3. The number of hydrogen-bond donors (Lipinski definition) is 1. The van der Waals surface area contributed by atoms with Crippen LogP contribution in [0.2, 0.25) is 0 Å². The van der Waals surface area contributed by atoms with Gasteiger partial charge >= 0.3 is 0 Å². The molecule has 1 aliphatic carbocycles. The third-order valence-electron chi connectivity index (χ3n) is 5.18. The average molecular weight is 353 g/mol. The summed E-state index contributed by atoms with van der Waals surface area (Å²) in [6.45, 7) is 5.45. The number of ether oxygens (including phenoxy) is 1. The number of hydrogen-bond acceptors (Lipinski definition) is 2. The van der Waals surface area contributed by atoms with Gasteiger partial charge in [0, 0.05) is 17.3 Å².